The van der Waals surface area contributed by atoms with E-state index in [1.807, 2.05) is 53.1 Å². The Morgan fingerprint density at radius 1 is 0.857 bits per heavy atom. The van der Waals surface area contributed by atoms with Crippen LogP contribution in [0.4, 0.5) is 21.9 Å². The van der Waals surface area contributed by atoms with Gasteiger partial charge < -0.3 is 25.4 Å². The molecular weight excluding hydrogens is 550 g/mol. The third-order valence-electron chi connectivity index (χ3n) is 7.97. The quantitative estimate of drug-likeness (QED) is 0.259. The van der Waals surface area contributed by atoms with Gasteiger partial charge in [-0.2, -0.15) is 0 Å². The van der Waals surface area contributed by atoms with Gasteiger partial charge in [0.2, 0.25) is 0 Å². The van der Waals surface area contributed by atoms with E-state index in [1.54, 1.807) is 42.5 Å². The predicted molar refractivity (Wildman–Crippen MR) is 167 cm³/mol. The van der Waals surface area contributed by atoms with Crippen molar-refractivity contribution in [2.75, 3.05) is 35.2 Å². The van der Waals surface area contributed by atoms with Gasteiger partial charge in [0.15, 0.2) is 0 Å². The lowest BCUT2D eigenvalue weighted by atomic mass is 9.83. The molecule has 8 nitrogen and oxygen atoms in total. The minimum atomic E-state index is -0.422. The normalized spacial score (nSPS) is 17.2. The van der Waals surface area contributed by atoms with E-state index < -0.39 is 6.03 Å². The van der Waals surface area contributed by atoms with Crippen LogP contribution in [0.3, 0.4) is 0 Å². The van der Waals surface area contributed by atoms with Crippen LogP contribution in [0.15, 0.2) is 95.8 Å². The van der Waals surface area contributed by atoms with Crippen LogP contribution in [-0.2, 0) is 13.0 Å². The van der Waals surface area contributed by atoms with Gasteiger partial charge in [-0.25, -0.2) is 4.79 Å². The highest BCUT2D eigenvalue weighted by Crippen LogP contribution is 2.39. The summed E-state index contributed by atoms with van der Waals surface area (Å²) < 4.78 is 1.90. The maximum atomic E-state index is 13.1. The van der Waals surface area contributed by atoms with Gasteiger partial charge in [-0.15, -0.1) is 0 Å². The molecule has 0 unspecified atom stereocenters. The second kappa shape index (κ2) is 12.1. The topological polar surface area (TPSA) is 95.5 Å². The number of carbonyl (C=O) groups excluding carboxylic acids is 2. The van der Waals surface area contributed by atoms with E-state index >= 15 is 0 Å². The van der Waals surface area contributed by atoms with E-state index in [4.69, 9.17) is 11.6 Å². The number of hydrogen-bond donors (Lipinski definition) is 3. The number of anilines is 3. The summed E-state index contributed by atoms with van der Waals surface area (Å²) in [6, 6.07) is 27.4. The first-order valence-electron chi connectivity index (χ1n) is 14.2. The number of hydrogen-bond acceptors (Lipinski definition) is 4. The lowest BCUT2D eigenvalue weighted by Crippen LogP contribution is -2.47. The van der Waals surface area contributed by atoms with Gasteiger partial charge in [0.05, 0.1) is 11.4 Å². The maximum Gasteiger partial charge on any atom is 0.323 e. The Balaban J connectivity index is 1.24. The molecule has 3 heterocycles. The molecule has 214 valence electrons. The Kier molecular flexibility index (Phi) is 7.97. The highest BCUT2D eigenvalue weighted by molar-refractivity contribution is 6.30. The van der Waals surface area contributed by atoms with Crippen molar-refractivity contribution < 1.29 is 9.59 Å². The van der Waals surface area contributed by atoms with Gasteiger partial charge in [0.1, 0.15) is 0 Å². The molecule has 3 aromatic carbocycles. The van der Waals surface area contributed by atoms with Crippen molar-refractivity contribution in [3.63, 3.8) is 0 Å². The molecular formula is C33H32ClN5O3. The van der Waals surface area contributed by atoms with E-state index in [2.05, 4.69) is 20.9 Å². The molecule has 3 N–H and O–H groups in total. The Morgan fingerprint density at radius 2 is 1.67 bits per heavy atom. The number of nitrogens with zero attached hydrogens (tertiary/aromatic N) is 2. The molecule has 42 heavy (non-hydrogen) atoms. The van der Waals surface area contributed by atoms with Gasteiger partial charge in [-0.3, -0.25) is 9.59 Å². The zero-order valence-electron chi connectivity index (χ0n) is 23.1. The largest absolute Gasteiger partial charge is 0.369 e. The fourth-order valence-corrected chi connectivity index (χ4v) is 6.16. The molecule has 0 spiro atoms. The van der Waals surface area contributed by atoms with Crippen molar-refractivity contribution in [2.45, 2.75) is 25.3 Å². The van der Waals surface area contributed by atoms with Crippen LogP contribution in [0.2, 0.25) is 5.02 Å². The number of nitrogens with one attached hydrogen (secondary N) is 3. The van der Waals surface area contributed by atoms with Crippen molar-refractivity contribution in [1.82, 2.24) is 9.88 Å². The van der Waals surface area contributed by atoms with Crippen molar-refractivity contribution in [1.29, 1.82) is 0 Å². The second-order valence-electron chi connectivity index (χ2n) is 10.9. The van der Waals surface area contributed by atoms with Gasteiger partial charge in [-0.1, -0.05) is 48.0 Å². The summed E-state index contributed by atoms with van der Waals surface area (Å²) in [6.07, 6.45) is 1.74. The summed E-state index contributed by atoms with van der Waals surface area (Å²) in [6.45, 7) is 2.62. The molecule has 1 saturated heterocycles. The number of carbonyl (C=O) groups is 2. The first kappa shape index (κ1) is 27.6. The van der Waals surface area contributed by atoms with Gasteiger partial charge in [0.25, 0.3) is 11.5 Å². The zero-order valence-corrected chi connectivity index (χ0v) is 23.8. The first-order chi connectivity index (χ1) is 20.4. The second-order valence-corrected chi connectivity index (χ2v) is 11.3. The molecule has 3 amide bonds. The number of fused-ring (bicyclic) bond motifs is 4. The Hall–Kier alpha value is -4.56. The summed E-state index contributed by atoms with van der Waals surface area (Å²) in [7, 11) is 0. The summed E-state index contributed by atoms with van der Waals surface area (Å²) in [4.78, 5) is 41.0. The monoisotopic (exact) mass is 581 g/mol. The van der Waals surface area contributed by atoms with E-state index in [1.165, 1.54) is 0 Å². The van der Waals surface area contributed by atoms with Crippen LogP contribution in [-0.4, -0.2) is 36.1 Å². The van der Waals surface area contributed by atoms with Crippen LogP contribution < -0.4 is 26.4 Å². The molecule has 1 fully saturated rings. The first-order valence-corrected chi connectivity index (χ1v) is 14.5. The number of amides is 3. The number of piperidine rings is 1. The Bertz CT molecular complexity index is 1650. The number of urea groups is 1. The fraction of sp³-hybridized carbons (Fsp3) is 0.242. The minimum Gasteiger partial charge on any atom is -0.369 e. The van der Waals surface area contributed by atoms with E-state index in [0.717, 1.165) is 36.3 Å². The van der Waals surface area contributed by atoms with E-state index in [-0.39, 0.29) is 17.4 Å². The van der Waals surface area contributed by atoms with Gasteiger partial charge in [0, 0.05) is 60.1 Å². The third-order valence-corrected chi connectivity index (χ3v) is 8.22. The molecule has 2 aliphatic heterocycles. The highest BCUT2D eigenvalue weighted by Gasteiger charge is 2.35. The lowest BCUT2D eigenvalue weighted by Gasteiger charge is -2.44. The summed E-state index contributed by atoms with van der Waals surface area (Å²) in [5, 5.41) is 9.40. The predicted octanol–water partition coefficient (Wildman–Crippen LogP) is 5.74. The fourth-order valence-electron chi connectivity index (χ4n) is 6.03. The van der Waals surface area contributed by atoms with Crippen LogP contribution in [0, 0.1) is 5.92 Å². The Labute approximate surface area is 249 Å². The van der Waals surface area contributed by atoms with Crippen molar-refractivity contribution >= 4 is 40.6 Å². The molecule has 0 radical (unpaired) electrons. The van der Waals surface area contributed by atoms with Crippen molar-refractivity contribution in [3.05, 3.63) is 123 Å². The average Bonchev–Trinajstić information content (AvgIpc) is 2.99. The molecule has 2 aliphatic rings. The summed E-state index contributed by atoms with van der Waals surface area (Å²) >= 11 is 5.99. The summed E-state index contributed by atoms with van der Waals surface area (Å²) in [5.74, 6) is 0.290. The Morgan fingerprint density at radius 3 is 2.48 bits per heavy atom. The third kappa shape index (κ3) is 6.19. The molecule has 2 atom stereocenters. The molecule has 6 rings (SSSR count). The van der Waals surface area contributed by atoms with E-state index in [0.29, 0.717) is 47.5 Å². The molecule has 9 heteroatoms. The maximum absolute atomic E-state index is 13.1. The zero-order chi connectivity index (χ0) is 29.1. The highest BCUT2D eigenvalue weighted by atomic mass is 35.5. The molecule has 4 aromatic rings. The minimum absolute atomic E-state index is 0.0412. The smallest absolute Gasteiger partial charge is 0.323 e. The number of pyridine rings is 1. The van der Waals surface area contributed by atoms with Gasteiger partial charge >= 0.3 is 6.03 Å². The standard InChI is InChI=1S/C33H32ClN5O3/c34-26-10-12-27(13-11-26)36-33(42)37-28-18-24(32(41)35-16-15-22-5-2-1-3-6-22)9-14-30(28)38-19-23-17-25(21-38)29-7-4-8-31(40)39(29)20-23/h1-14,18,23,25H,15-17,19-21H2,(H,35,41)(H2,36,37,42)/t23-,25+/m1/s1. The number of benzene rings is 3. The number of halogens is 1. The van der Waals surface area contributed by atoms with E-state index in [9.17, 15) is 14.4 Å². The van der Waals surface area contributed by atoms with Crippen LogP contribution in [0.5, 0.6) is 0 Å². The molecule has 1 aromatic heterocycles. The SMILES string of the molecule is O=C(Nc1ccc(Cl)cc1)Nc1cc(C(=O)NCCc2ccccc2)ccc1N1C[C@H]2C[C@@H](C1)c1cccc(=O)n1C2. The van der Waals surface area contributed by atoms with Crippen LogP contribution >= 0.6 is 11.6 Å². The van der Waals surface area contributed by atoms with Crippen LogP contribution in [0.1, 0.15) is 34.0 Å². The van der Waals surface area contributed by atoms with Crippen LogP contribution in [0.25, 0.3) is 0 Å². The van der Waals surface area contributed by atoms with Gasteiger partial charge in [-0.05, 0) is 72.9 Å². The van der Waals surface area contributed by atoms with Crippen molar-refractivity contribution in [3.8, 4) is 0 Å². The molecule has 2 bridgehead atoms. The summed E-state index contributed by atoms with van der Waals surface area (Å²) in [5.41, 5.74) is 4.68. The van der Waals surface area contributed by atoms with Crippen molar-refractivity contribution in [2.24, 2.45) is 5.92 Å². The average molecular weight is 582 g/mol. The number of aromatic nitrogens is 1. The lowest BCUT2D eigenvalue weighted by molar-refractivity contribution is 0.0954. The number of rotatable bonds is 7. The molecule has 0 aliphatic carbocycles. The molecule has 0 saturated carbocycles.